The third kappa shape index (κ3) is 7.86. The summed E-state index contributed by atoms with van der Waals surface area (Å²) in [7, 11) is 0. The number of allylic oxidation sites excluding steroid dienone is 1. The van der Waals surface area contributed by atoms with Gasteiger partial charge in [-0.05, 0) is 51.8 Å². The lowest BCUT2D eigenvalue weighted by molar-refractivity contribution is -0.158. The molecule has 1 aliphatic carbocycles. The Bertz CT molecular complexity index is 1350. The molecule has 2 fully saturated rings. The fourth-order valence-electron chi connectivity index (χ4n) is 5.11. The summed E-state index contributed by atoms with van der Waals surface area (Å²) in [5, 5.41) is 23.1. The Morgan fingerprint density at radius 3 is 2.37 bits per heavy atom. The van der Waals surface area contributed by atoms with Gasteiger partial charge in [-0.15, -0.1) is 0 Å². The minimum Gasteiger partial charge on any atom is -0.444 e. The number of rotatable bonds is 8. The van der Waals surface area contributed by atoms with E-state index in [1.54, 1.807) is 23.2 Å². The topological polar surface area (TPSA) is 154 Å². The van der Waals surface area contributed by atoms with Gasteiger partial charge in [-0.3, -0.25) is 0 Å². The molecule has 4 rings (SSSR count). The van der Waals surface area contributed by atoms with Crippen molar-refractivity contribution in [1.29, 1.82) is 0 Å². The van der Waals surface area contributed by atoms with Crippen molar-refractivity contribution in [3.8, 4) is 0 Å². The fraction of sp³-hybridized carbons (Fsp3) is 0.517. The van der Waals surface area contributed by atoms with Crippen molar-refractivity contribution in [2.45, 2.75) is 70.9 Å². The summed E-state index contributed by atoms with van der Waals surface area (Å²) in [4.78, 5) is 29.6. The van der Waals surface area contributed by atoms with Crippen LogP contribution in [-0.2, 0) is 4.74 Å². The Morgan fingerprint density at radius 2 is 1.76 bits per heavy atom. The van der Waals surface area contributed by atoms with E-state index in [2.05, 4.69) is 37.9 Å². The van der Waals surface area contributed by atoms with Crippen molar-refractivity contribution in [2.24, 2.45) is 10.7 Å². The van der Waals surface area contributed by atoms with E-state index in [1.807, 2.05) is 26.8 Å². The number of hydrogen-bond donors (Lipinski definition) is 4. The maximum Gasteiger partial charge on any atom is 0.410 e. The standard InChI is InChI=1S/C29H42N8O4/c1-19(35-13-15-36(16-14-35)27(38)41-28(3,4)5)11-12-24(30)32-26-31-18-21-17-23(20(2)34-29(6,39)40)37(25(21)33-26)22-9-7-8-10-22/h11-12,17-18,22,34,39-40H,1-2,7-10,13-16H2,3-6H3,(H2,30,31,32,33)/b12-11-. The third-order valence-electron chi connectivity index (χ3n) is 6.96. The van der Waals surface area contributed by atoms with Crippen LogP contribution in [0, 0.1) is 0 Å². The quantitative estimate of drug-likeness (QED) is 0.163. The smallest absolute Gasteiger partial charge is 0.410 e. The van der Waals surface area contributed by atoms with E-state index in [1.165, 1.54) is 6.92 Å². The van der Waals surface area contributed by atoms with E-state index in [0.29, 0.717) is 43.2 Å². The predicted octanol–water partition coefficient (Wildman–Crippen LogP) is 3.38. The molecule has 1 amide bonds. The number of piperazine rings is 1. The van der Waals surface area contributed by atoms with Crippen LogP contribution in [0.5, 0.6) is 0 Å². The molecule has 1 saturated carbocycles. The van der Waals surface area contributed by atoms with E-state index in [9.17, 15) is 15.0 Å². The second kappa shape index (κ2) is 11.9. The van der Waals surface area contributed by atoms with Crippen LogP contribution in [0.4, 0.5) is 10.7 Å². The molecule has 0 spiro atoms. The van der Waals surface area contributed by atoms with E-state index in [4.69, 9.17) is 15.5 Å². The van der Waals surface area contributed by atoms with Crippen LogP contribution in [0.1, 0.15) is 65.1 Å². The summed E-state index contributed by atoms with van der Waals surface area (Å²) in [5.41, 5.74) is 8.21. The molecule has 1 saturated heterocycles. The zero-order chi connectivity index (χ0) is 29.9. The summed E-state index contributed by atoms with van der Waals surface area (Å²) >= 11 is 0. The first-order chi connectivity index (χ1) is 19.2. The Hall–Kier alpha value is -3.90. The van der Waals surface area contributed by atoms with Gasteiger partial charge in [0, 0.05) is 56.4 Å². The van der Waals surface area contributed by atoms with Gasteiger partial charge in [0.05, 0.1) is 11.4 Å². The van der Waals surface area contributed by atoms with Crippen molar-refractivity contribution in [2.75, 3.05) is 26.2 Å². The lowest BCUT2D eigenvalue weighted by Gasteiger charge is -2.36. The average Bonchev–Trinajstić information content (AvgIpc) is 3.53. The summed E-state index contributed by atoms with van der Waals surface area (Å²) in [6.45, 7) is 17.3. The van der Waals surface area contributed by atoms with E-state index in [-0.39, 0.29) is 23.9 Å². The molecule has 0 aromatic carbocycles. The highest BCUT2D eigenvalue weighted by Crippen LogP contribution is 2.36. The number of amides is 1. The lowest BCUT2D eigenvalue weighted by atomic mass is 10.2. The van der Waals surface area contributed by atoms with Crippen LogP contribution < -0.4 is 11.1 Å². The molecule has 222 valence electrons. The Kier molecular flexibility index (Phi) is 8.74. The zero-order valence-electron chi connectivity index (χ0n) is 24.4. The highest BCUT2D eigenvalue weighted by Gasteiger charge is 2.27. The minimum absolute atomic E-state index is 0.202. The number of nitrogens with one attached hydrogen (secondary N) is 1. The molecule has 2 aliphatic rings. The second-order valence-corrected chi connectivity index (χ2v) is 11.7. The average molecular weight is 567 g/mol. The zero-order valence-corrected chi connectivity index (χ0v) is 24.4. The molecular weight excluding hydrogens is 524 g/mol. The summed E-state index contributed by atoms with van der Waals surface area (Å²) in [5.74, 6) is -1.67. The van der Waals surface area contributed by atoms with Gasteiger partial charge >= 0.3 is 6.09 Å². The lowest BCUT2D eigenvalue weighted by Crippen LogP contribution is -2.49. The molecule has 0 unspecified atom stereocenters. The summed E-state index contributed by atoms with van der Waals surface area (Å²) in [6, 6.07) is 2.09. The molecule has 5 N–H and O–H groups in total. The van der Waals surface area contributed by atoms with Gasteiger partial charge in [-0.1, -0.05) is 26.0 Å². The van der Waals surface area contributed by atoms with Crippen molar-refractivity contribution >= 4 is 34.6 Å². The molecule has 2 aromatic heterocycles. The third-order valence-corrected chi connectivity index (χ3v) is 6.96. The number of aromatic nitrogens is 3. The van der Waals surface area contributed by atoms with Crippen molar-refractivity contribution < 1.29 is 19.7 Å². The number of aliphatic imine (C=N–C) groups is 1. The van der Waals surface area contributed by atoms with Gasteiger partial charge in [0.2, 0.25) is 5.91 Å². The summed E-state index contributed by atoms with van der Waals surface area (Å²) in [6.07, 6.45) is 9.01. The maximum absolute atomic E-state index is 12.3. The number of hydrogen-bond acceptors (Lipinski definition) is 9. The molecule has 12 nitrogen and oxygen atoms in total. The van der Waals surface area contributed by atoms with E-state index >= 15 is 0 Å². The number of nitrogens with two attached hydrogens (primary N) is 1. The van der Waals surface area contributed by atoms with Crippen LogP contribution in [0.15, 0.2) is 48.3 Å². The number of aliphatic hydroxyl groups is 2. The van der Waals surface area contributed by atoms with Crippen molar-refractivity contribution in [1.82, 2.24) is 29.7 Å². The first-order valence-electron chi connectivity index (χ1n) is 13.9. The van der Waals surface area contributed by atoms with Gasteiger partial charge in [0.25, 0.3) is 5.95 Å². The molecule has 12 heteroatoms. The van der Waals surface area contributed by atoms with Crippen molar-refractivity contribution in [3.05, 3.63) is 49.0 Å². The largest absolute Gasteiger partial charge is 0.444 e. The highest BCUT2D eigenvalue weighted by atomic mass is 16.6. The fourth-order valence-corrected chi connectivity index (χ4v) is 5.11. The molecule has 3 heterocycles. The van der Waals surface area contributed by atoms with Crippen LogP contribution >= 0.6 is 0 Å². The normalized spacial score (nSPS) is 17.5. The van der Waals surface area contributed by atoms with Crippen LogP contribution in [0.2, 0.25) is 0 Å². The van der Waals surface area contributed by atoms with Gasteiger partial charge in [-0.2, -0.15) is 9.98 Å². The molecule has 2 aromatic rings. The van der Waals surface area contributed by atoms with E-state index < -0.39 is 11.5 Å². The number of carbonyl (C=O) groups is 1. The number of nitrogens with zero attached hydrogens (tertiary/aromatic N) is 6. The molecule has 1 aliphatic heterocycles. The highest BCUT2D eigenvalue weighted by molar-refractivity contribution is 5.93. The number of amidine groups is 1. The Balaban J connectivity index is 1.46. The van der Waals surface area contributed by atoms with Crippen LogP contribution in [-0.4, -0.2) is 84.2 Å². The first-order valence-corrected chi connectivity index (χ1v) is 13.9. The van der Waals surface area contributed by atoms with Gasteiger partial charge in [0.1, 0.15) is 17.1 Å². The number of ether oxygens (including phenoxy) is 1. The molecule has 0 bridgehead atoms. The molecular formula is C29H42N8O4. The maximum atomic E-state index is 12.3. The first kappa shape index (κ1) is 30.1. The molecule has 41 heavy (non-hydrogen) atoms. The van der Waals surface area contributed by atoms with Crippen LogP contribution in [0.3, 0.4) is 0 Å². The predicted molar refractivity (Wildman–Crippen MR) is 159 cm³/mol. The summed E-state index contributed by atoms with van der Waals surface area (Å²) < 4.78 is 7.54. The van der Waals surface area contributed by atoms with Gasteiger partial charge < -0.3 is 40.4 Å². The van der Waals surface area contributed by atoms with Crippen LogP contribution in [0.25, 0.3) is 16.7 Å². The Labute approximate surface area is 240 Å². The van der Waals surface area contributed by atoms with E-state index in [0.717, 1.165) is 36.8 Å². The van der Waals surface area contributed by atoms with Gasteiger partial charge in [0.15, 0.2) is 0 Å². The monoisotopic (exact) mass is 566 g/mol. The minimum atomic E-state index is -2.11. The van der Waals surface area contributed by atoms with Gasteiger partial charge in [-0.25, -0.2) is 9.78 Å². The number of fused-ring (bicyclic) bond motifs is 1. The second-order valence-electron chi connectivity index (χ2n) is 11.7. The molecule has 0 radical (unpaired) electrons. The SMILES string of the molecule is C=C(NC(C)(O)O)c1cc2cnc(/N=C(N)\C=C/C(=C)N3CCN(C(=O)OC(C)(C)C)CC3)nc2n1C1CCCC1. The van der Waals surface area contributed by atoms with Crippen molar-refractivity contribution in [3.63, 3.8) is 0 Å². The Morgan fingerprint density at radius 1 is 1.12 bits per heavy atom. The number of carbonyl (C=O) groups excluding carboxylic acids is 1. The molecule has 0 atom stereocenters.